The van der Waals surface area contributed by atoms with Crippen molar-refractivity contribution in [2.24, 2.45) is 0 Å². The lowest BCUT2D eigenvalue weighted by Gasteiger charge is -2.15. The maximum absolute atomic E-state index is 12.3. The van der Waals surface area contributed by atoms with E-state index < -0.39 is 6.10 Å². The topological polar surface area (TPSA) is 72.8 Å². The number of aliphatic hydroxyl groups is 1. The molecule has 5 nitrogen and oxygen atoms in total. The van der Waals surface area contributed by atoms with Crippen LogP contribution in [-0.2, 0) is 19.1 Å². The zero-order valence-corrected chi connectivity index (χ0v) is 50.3. The van der Waals surface area contributed by atoms with E-state index in [4.69, 9.17) is 9.47 Å². The second kappa shape index (κ2) is 66.1. The van der Waals surface area contributed by atoms with Gasteiger partial charge < -0.3 is 14.6 Å². The molecule has 0 bridgehead atoms. The summed E-state index contributed by atoms with van der Waals surface area (Å²) < 4.78 is 10.7. The van der Waals surface area contributed by atoms with Gasteiger partial charge in [0.05, 0.1) is 6.61 Å². The smallest absolute Gasteiger partial charge is 0.306 e. The summed E-state index contributed by atoms with van der Waals surface area (Å²) in [5, 5.41) is 9.68. The van der Waals surface area contributed by atoms with Gasteiger partial charge in [0.2, 0.25) is 0 Å². The molecule has 0 saturated heterocycles. The number of hydrogen-bond acceptors (Lipinski definition) is 5. The molecule has 0 spiro atoms. The van der Waals surface area contributed by atoms with Gasteiger partial charge >= 0.3 is 11.9 Å². The highest BCUT2D eigenvalue weighted by Gasteiger charge is 2.16. The van der Waals surface area contributed by atoms with E-state index in [9.17, 15) is 14.7 Å². The minimum absolute atomic E-state index is 0.0703. The molecule has 0 radical (unpaired) electrons. The van der Waals surface area contributed by atoms with Crippen molar-refractivity contribution in [1.29, 1.82) is 0 Å². The number of aliphatic hydroxyl groups excluding tert-OH is 1. The zero-order chi connectivity index (χ0) is 54.8. The molecule has 0 rings (SSSR count). The number of rotatable bonds is 60. The van der Waals surface area contributed by atoms with Gasteiger partial charge in [-0.25, -0.2) is 0 Å². The maximum Gasteiger partial charge on any atom is 0.306 e. The molecule has 0 amide bonds. The fraction of sp³-hybridized carbons (Fsp3) is 0.746. The summed E-state index contributed by atoms with van der Waals surface area (Å²) in [4.78, 5) is 24.6. The van der Waals surface area contributed by atoms with Crippen LogP contribution in [-0.4, -0.2) is 36.4 Å². The summed E-state index contributed by atoms with van der Waals surface area (Å²) in [5.41, 5.74) is 0. The Kier molecular flexibility index (Phi) is 63.3. The van der Waals surface area contributed by atoms with Crippen LogP contribution in [0.1, 0.15) is 322 Å². The molecule has 0 heterocycles. The molecule has 1 unspecified atom stereocenters. The van der Waals surface area contributed by atoms with Crippen LogP contribution in [0.4, 0.5) is 0 Å². The van der Waals surface area contributed by atoms with Gasteiger partial charge in [-0.3, -0.25) is 9.59 Å². The predicted molar refractivity (Wildman–Crippen MR) is 334 cm³/mol. The van der Waals surface area contributed by atoms with Crippen molar-refractivity contribution in [2.45, 2.75) is 328 Å². The molecular formula is C71H124O5. The average Bonchev–Trinajstić information content (AvgIpc) is 3.42. The molecule has 0 aromatic carbocycles. The van der Waals surface area contributed by atoms with Crippen molar-refractivity contribution in [1.82, 2.24) is 0 Å². The lowest BCUT2D eigenvalue weighted by atomic mass is 10.0. The second-order valence-electron chi connectivity index (χ2n) is 21.8. The molecule has 0 aromatic rings. The predicted octanol–water partition coefficient (Wildman–Crippen LogP) is 22.6. The first-order valence-electron chi connectivity index (χ1n) is 32.8. The lowest BCUT2D eigenvalue weighted by Crippen LogP contribution is -2.28. The first-order chi connectivity index (χ1) is 37.6. The van der Waals surface area contributed by atoms with Crippen LogP contribution in [0.5, 0.6) is 0 Å². The minimum atomic E-state index is -0.779. The second-order valence-corrected chi connectivity index (χ2v) is 21.8. The number of esters is 2. The molecule has 1 atom stereocenters. The van der Waals surface area contributed by atoms with Crippen molar-refractivity contribution in [3.05, 3.63) is 97.2 Å². The summed E-state index contributed by atoms with van der Waals surface area (Å²) in [6.07, 6.45) is 94.3. The SMILES string of the molecule is CC/C=C\C/C=C\C/C=C\C/C=C\CCCCCCCCCCCCCCCCCCCCCCCCCCCCCCC(=O)OC(CO)COC(=O)CCCCCCCCCC/C=C\C/C=C\C/C=C\C/C=C\CC. The van der Waals surface area contributed by atoms with Crippen LogP contribution in [0.25, 0.3) is 0 Å². The number of carbonyl (C=O) groups is 2. The Hall–Kier alpha value is -3.18. The molecule has 0 aliphatic carbocycles. The molecule has 0 aromatic heterocycles. The molecule has 438 valence electrons. The van der Waals surface area contributed by atoms with Crippen LogP contribution in [0.15, 0.2) is 97.2 Å². The van der Waals surface area contributed by atoms with Crippen LogP contribution in [0.3, 0.4) is 0 Å². The van der Waals surface area contributed by atoms with Crippen LogP contribution in [0, 0.1) is 0 Å². The van der Waals surface area contributed by atoms with Crippen molar-refractivity contribution >= 4 is 11.9 Å². The number of ether oxygens (including phenoxy) is 2. The number of carbonyl (C=O) groups excluding carboxylic acids is 2. The lowest BCUT2D eigenvalue weighted by molar-refractivity contribution is -0.161. The summed E-state index contributed by atoms with van der Waals surface area (Å²) in [6, 6.07) is 0. The summed E-state index contributed by atoms with van der Waals surface area (Å²) in [5.74, 6) is -0.589. The number of allylic oxidation sites excluding steroid dienone is 16. The van der Waals surface area contributed by atoms with Gasteiger partial charge in [-0.2, -0.15) is 0 Å². The fourth-order valence-electron chi connectivity index (χ4n) is 9.54. The van der Waals surface area contributed by atoms with Crippen molar-refractivity contribution in [2.75, 3.05) is 13.2 Å². The zero-order valence-electron chi connectivity index (χ0n) is 50.3. The number of unbranched alkanes of at least 4 members (excludes halogenated alkanes) is 36. The Morgan fingerprint density at radius 1 is 0.303 bits per heavy atom. The van der Waals surface area contributed by atoms with Crippen molar-refractivity contribution < 1.29 is 24.2 Å². The number of hydrogen-bond donors (Lipinski definition) is 1. The first-order valence-corrected chi connectivity index (χ1v) is 32.8. The van der Waals surface area contributed by atoms with Crippen molar-refractivity contribution in [3.63, 3.8) is 0 Å². The largest absolute Gasteiger partial charge is 0.462 e. The molecule has 0 aliphatic rings. The third-order valence-electron chi connectivity index (χ3n) is 14.4. The molecular weight excluding hydrogens is 933 g/mol. The fourth-order valence-corrected chi connectivity index (χ4v) is 9.54. The van der Waals surface area contributed by atoms with Gasteiger partial charge in [-0.15, -0.1) is 0 Å². The average molecular weight is 1060 g/mol. The highest BCUT2D eigenvalue weighted by Crippen LogP contribution is 2.18. The summed E-state index contributed by atoms with van der Waals surface area (Å²) in [7, 11) is 0. The Morgan fingerprint density at radius 3 is 0.789 bits per heavy atom. The van der Waals surface area contributed by atoms with E-state index in [0.29, 0.717) is 12.8 Å². The third kappa shape index (κ3) is 63.4. The van der Waals surface area contributed by atoms with Gasteiger partial charge in [0.25, 0.3) is 0 Å². The van der Waals surface area contributed by atoms with Crippen LogP contribution >= 0.6 is 0 Å². The van der Waals surface area contributed by atoms with Gasteiger partial charge in [0.1, 0.15) is 6.61 Å². The molecule has 0 saturated carbocycles. The Labute approximate surface area is 472 Å². The normalized spacial score (nSPS) is 12.8. The minimum Gasteiger partial charge on any atom is -0.462 e. The third-order valence-corrected chi connectivity index (χ3v) is 14.4. The molecule has 1 N–H and O–H groups in total. The van der Waals surface area contributed by atoms with E-state index in [2.05, 4.69) is 111 Å². The van der Waals surface area contributed by atoms with Gasteiger partial charge in [-0.1, -0.05) is 317 Å². The van der Waals surface area contributed by atoms with Crippen LogP contribution in [0.2, 0.25) is 0 Å². The summed E-state index contributed by atoms with van der Waals surface area (Å²) >= 11 is 0. The molecule has 0 aliphatic heterocycles. The van der Waals surface area contributed by atoms with E-state index in [-0.39, 0.29) is 25.2 Å². The molecule has 0 fully saturated rings. The Balaban J connectivity index is 3.40. The van der Waals surface area contributed by atoms with Gasteiger partial charge in [0.15, 0.2) is 6.10 Å². The van der Waals surface area contributed by atoms with Crippen molar-refractivity contribution in [3.8, 4) is 0 Å². The Morgan fingerprint density at radius 2 is 0.526 bits per heavy atom. The highest BCUT2D eigenvalue weighted by atomic mass is 16.6. The quantitative estimate of drug-likeness (QED) is 0.0373. The van der Waals surface area contributed by atoms with Gasteiger partial charge in [0, 0.05) is 12.8 Å². The standard InChI is InChI=1S/C71H124O5/c1-3-5-7-9-11-13-15-17-19-21-23-25-26-27-28-29-30-31-32-33-34-35-36-37-38-39-40-41-42-43-44-46-48-50-52-54-56-58-60-62-64-66-71(74)76-69(67-72)68-75-70(73)65-63-61-59-57-55-53-51-49-47-45-24-22-20-18-16-14-12-10-8-6-4-2/h5-8,11-14,17-20,23-25,45,69,72H,3-4,9-10,15-16,21-22,26-44,46-68H2,1-2H3/b7-5-,8-6-,13-11-,14-12-,19-17-,20-18-,25-23-,45-24-. The molecule has 76 heavy (non-hydrogen) atoms. The summed E-state index contributed by atoms with van der Waals surface area (Å²) in [6.45, 7) is 3.94. The Bertz CT molecular complexity index is 1430. The maximum atomic E-state index is 12.3. The van der Waals surface area contributed by atoms with E-state index >= 15 is 0 Å². The van der Waals surface area contributed by atoms with Crippen LogP contribution < -0.4 is 0 Å². The van der Waals surface area contributed by atoms with Gasteiger partial charge in [-0.05, 0) is 89.9 Å². The monoisotopic (exact) mass is 1060 g/mol. The van der Waals surface area contributed by atoms with E-state index in [1.165, 1.54) is 199 Å². The van der Waals surface area contributed by atoms with E-state index in [0.717, 1.165) is 96.3 Å². The van der Waals surface area contributed by atoms with E-state index in [1.807, 2.05) is 0 Å². The van der Waals surface area contributed by atoms with E-state index in [1.54, 1.807) is 0 Å². The first kappa shape index (κ1) is 72.8. The highest BCUT2D eigenvalue weighted by molar-refractivity contribution is 5.70. The molecule has 5 heteroatoms.